The van der Waals surface area contributed by atoms with E-state index in [1.165, 1.54) is 23.4 Å². The van der Waals surface area contributed by atoms with Crippen LogP contribution in [0.3, 0.4) is 0 Å². The summed E-state index contributed by atoms with van der Waals surface area (Å²) in [7, 11) is -3.06. The molecule has 7 heteroatoms. The van der Waals surface area contributed by atoms with E-state index in [0.29, 0.717) is 45.3 Å². The van der Waals surface area contributed by atoms with Crippen molar-refractivity contribution in [2.75, 3.05) is 45.5 Å². The zero-order valence-electron chi connectivity index (χ0n) is 10.9. The van der Waals surface area contributed by atoms with Gasteiger partial charge in [0.2, 0.25) is 10.0 Å². The number of β-amino-alcohol motifs (C(OH)–C–C–N with tert-alkyl or cyclic N) is 1. The zero-order valence-corrected chi connectivity index (χ0v) is 11.7. The van der Waals surface area contributed by atoms with Crippen LogP contribution in [-0.2, 0) is 10.0 Å². The number of sulfonamides is 1. The zero-order chi connectivity index (χ0) is 13.2. The molecule has 0 aromatic carbocycles. The van der Waals surface area contributed by atoms with Gasteiger partial charge in [0.25, 0.3) is 0 Å². The van der Waals surface area contributed by atoms with E-state index in [1.54, 1.807) is 0 Å². The van der Waals surface area contributed by atoms with E-state index in [1.807, 2.05) is 0 Å². The van der Waals surface area contributed by atoms with Gasteiger partial charge in [0.15, 0.2) is 0 Å². The van der Waals surface area contributed by atoms with Crippen LogP contribution in [0.1, 0.15) is 12.8 Å². The third-order valence-corrected chi connectivity index (χ3v) is 4.79. The largest absolute Gasteiger partial charge is 0.390 e. The van der Waals surface area contributed by atoms with Crippen molar-refractivity contribution >= 4 is 10.0 Å². The molecule has 0 aromatic heterocycles. The molecule has 0 aromatic rings. The summed E-state index contributed by atoms with van der Waals surface area (Å²) in [6.07, 6.45) is 3.33. The van der Waals surface area contributed by atoms with Gasteiger partial charge in [0.1, 0.15) is 0 Å². The smallest absolute Gasteiger partial charge is 0.211 e. The molecular weight excluding hydrogens is 254 g/mol. The first kappa shape index (κ1) is 14.2. The molecule has 1 unspecified atom stereocenters. The highest BCUT2D eigenvalue weighted by Gasteiger charge is 2.25. The summed E-state index contributed by atoms with van der Waals surface area (Å²) in [5.41, 5.74) is 0. The molecule has 1 saturated carbocycles. The number of rotatable bonds is 6. The fourth-order valence-corrected chi connectivity index (χ4v) is 3.02. The average Bonchev–Trinajstić information content (AvgIpc) is 3.09. The molecule has 1 heterocycles. The van der Waals surface area contributed by atoms with Crippen LogP contribution >= 0.6 is 0 Å². The molecule has 2 fully saturated rings. The Morgan fingerprint density at radius 1 is 1.28 bits per heavy atom. The van der Waals surface area contributed by atoms with E-state index in [2.05, 4.69) is 10.2 Å². The van der Waals surface area contributed by atoms with Crippen molar-refractivity contribution < 1.29 is 13.5 Å². The first-order valence-electron chi connectivity index (χ1n) is 6.54. The van der Waals surface area contributed by atoms with Gasteiger partial charge in [-0.2, -0.15) is 4.31 Å². The number of piperazine rings is 1. The maximum Gasteiger partial charge on any atom is 0.211 e. The number of nitrogens with zero attached hydrogens (tertiary/aromatic N) is 2. The predicted octanol–water partition coefficient (Wildman–Crippen LogP) is -1.32. The van der Waals surface area contributed by atoms with Gasteiger partial charge < -0.3 is 10.4 Å². The lowest BCUT2D eigenvalue weighted by Crippen LogP contribution is -2.51. The van der Waals surface area contributed by atoms with Gasteiger partial charge in [0, 0.05) is 45.3 Å². The highest BCUT2D eigenvalue weighted by molar-refractivity contribution is 7.88. The molecule has 106 valence electrons. The van der Waals surface area contributed by atoms with Crippen molar-refractivity contribution in [3.8, 4) is 0 Å². The second-order valence-electron chi connectivity index (χ2n) is 5.30. The highest BCUT2D eigenvalue weighted by Crippen LogP contribution is 2.18. The van der Waals surface area contributed by atoms with Crippen LogP contribution in [0.2, 0.25) is 0 Å². The summed E-state index contributed by atoms with van der Waals surface area (Å²) in [4.78, 5) is 2.13. The van der Waals surface area contributed by atoms with Crippen molar-refractivity contribution in [3.63, 3.8) is 0 Å². The number of hydrogen-bond donors (Lipinski definition) is 2. The van der Waals surface area contributed by atoms with Crippen molar-refractivity contribution in [2.24, 2.45) is 0 Å². The second-order valence-corrected chi connectivity index (χ2v) is 7.28. The Labute approximate surface area is 109 Å². The van der Waals surface area contributed by atoms with Crippen LogP contribution in [0.15, 0.2) is 0 Å². The van der Waals surface area contributed by atoms with Gasteiger partial charge in [-0.05, 0) is 12.8 Å². The minimum Gasteiger partial charge on any atom is -0.390 e. The summed E-state index contributed by atoms with van der Waals surface area (Å²) in [6, 6.07) is 0.613. The summed E-state index contributed by atoms with van der Waals surface area (Å²) >= 11 is 0. The Kier molecular flexibility index (Phi) is 4.60. The Hall–Kier alpha value is -0.210. The fraction of sp³-hybridized carbons (Fsp3) is 1.00. The van der Waals surface area contributed by atoms with Gasteiger partial charge in [-0.25, -0.2) is 8.42 Å². The van der Waals surface area contributed by atoms with Gasteiger partial charge >= 0.3 is 0 Å². The van der Waals surface area contributed by atoms with E-state index in [9.17, 15) is 13.5 Å². The van der Waals surface area contributed by atoms with Crippen molar-refractivity contribution in [1.82, 2.24) is 14.5 Å². The third kappa shape index (κ3) is 4.47. The minimum absolute atomic E-state index is 0.365. The molecule has 18 heavy (non-hydrogen) atoms. The second kappa shape index (κ2) is 5.83. The summed E-state index contributed by atoms with van der Waals surface area (Å²) in [6.45, 7) is 3.72. The van der Waals surface area contributed by atoms with E-state index in [4.69, 9.17) is 0 Å². The number of nitrogens with one attached hydrogen (secondary N) is 1. The van der Waals surface area contributed by atoms with Gasteiger partial charge in [-0.15, -0.1) is 0 Å². The maximum atomic E-state index is 11.3. The van der Waals surface area contributed by atoms with Gasteiger partial charge in [-0.1, -0.05) is 0 Å². The first-order valence-corrected chi connectivity index (χ1v) is 8.39. The van der Waals surface area contributed by atoms with Crippen LogP contribution in [0.4, 0.5) is 0 Å². The lowest BCUT2D eigenvalue weighted by atomic mass is 10.3. The molecule has 0 amide bonds. The molecule has 6 nitrogen and oxygen atoms in total. The molecule has 1 aliphatic carbocycles. The summed E-state index contributed by atoms with van der Waals surface area (Å²) in [5.74, 6) is 0. The van der Waals surface area contributed by atoms with E-state index < -0.39 is 10.0 Å². The van der Waals surface area contributed by atoms with Crippen LogP contribution < -0.4 is 5.32 Å². The van der Waals surface area contributed by atoms with Crippen LogP contribution in [0, 0.1) is 0 Å². The predicted molar refractivity (Wildman–Crippen MR) is 69.9 cm³/mol. The van der Waals surface area contributed by atoms with E-state index >= 15 is 0 Å². The van der Waals surface area contributed by atoms with Crippen LogP contribution in [0.5, 0.6) is 0 Å². The van der Waals surface area contributed by atoms with Crippen LogP contribution in [-0.4, -0.2) is 80.4 Å². The molecule has 2 N–H and O–H groups in total. The lowest BCUT2D eigenvalue weighted by Gasteiger charge is -2.34. The number of hydrogen-bond acceptors (Lipinski definition) is 5. The SMILES string of the molecule is CS(=O)(=O)N1CCN(CC(O)CNC2CC2)CC1. The molecule has 0 spiro atoms. The minimum atomic E-state index is -3.06. The summed E-state index contributed by atoms with van der Waals surface area (Å²) < 4.78 is 24.2. The van der Waals surface area contributed by atoms with Gasteiger partial charge in [-0.3, -0.25) is 4.90 Å². The topological polar surface area (TPSA) is 72.9 Å². The van der Waals surface area contributed by atoms with Crippen LogP contribution in [0.25, 0.3) is 0 Å². The molecule has 1 atom stereocenters. The highest BCUT2D eigenvalue weighted by atomic mass is 32.2. The number of aliphatic hydroxyl groups excluding tert-OH is 1. The fourth-order valence-electron chi connectivity index (χ4n) is 2.20. The van der Waals surface area contributed by atoms with Crippen molar-refractivity contribution in [3.05, 3.63) is 0 Å². The van der Waals surface area contributed by atoms with Crippen molar-refractivity contribution in [1.29, 1.82) is 0 Å². The summed E-state index contributed by atoms with van der Waals surface area (Å²) in [5, 5.41) is 13.2. The monoisotopic (exact) mass is 277 g/mol. The Morgan fingerprint density at radius 2 is 1.89 bits per heavy atom. The molecule has 0 bridgehead atoms. The molecule has 2 aliphatic rings. The molecule has 0 radical (unpaired) electrons. The standard InChI is InChI=1S/C11H23N3O3S/c1-18(16,17)14-6-4-13(5-7-14)9-11(15)8-12-10-2-3-10/h10-12,15H,2-9H2,1H3. The Balaban J connectivity index is 1.66. The first-order chi connectivity index (χ1) is 8.45. The maximum absolute atomic E-state index is 11.3. The number of aliphatic hydroxyl groups is 1. The molecule has 1 aliphatic heterocycles. The van der Waals surface area contributed by atoms with E-state index in [0.717, 1.165) is 0 Å². The molecule has 1 saturated heterocycles. The normalized spacial score (nSPS) is 25.2. The molecule has 2 rings (SSSR count). The Bertz CT molecular complexity index is 362. The average molecular weight is 277 g/mol. The Morgan fingerprint density at radius 3 is 2.39 bits per heavy atom. The van der Waals surface area contributed by atoms with Gasteiger partial charge in [0.05, 0.1) is 12.4 Å². The lowest BCUT2D eigenvalue weighted by molar-refractivity contribution is 0.0912. The van der Waals surface area contributed by atoms with E-state index in [-0.39, 0.29) is 6.10 Å². The molecular formula is C11H23N3O3S. The van der Waals surface area contributed by atoms with Crippen molar-refractivity contribution in [2.45, 2.75) is 25.0 Å². The quantitative estimate of drug-likeness (QED) is 0.630. The third-order valence-electron chi connectivity index (χ3n) is 3.49.